The van der Waals surface area contributed by atoms with E-state index < -0.39 is 36.8 Å². The Morgan fingerprint density at radius 1 is 1.07 bits per heavy atom. The van der Waals surface area contributed by atoms with E-state index in [1.807, 2.05) is 0 Å². The lowest BCUT2D eigenvalue weighted by molar-refractivity contribution is 0.0217. The molecule has 158 valence electrons. The first-order chi connectivity index (χ1) is 12.7. The van der Waals surface area contributed by atoms with E-state index in [2.05, 4.69) is 0 Å². The molecule has 1 aromatic rings. The van der Waals surface area contributed by atoms with Gasteiger partial charge in [-0.25, -0.2) is 21.6 Å². The van der Waals surface area contributed by atoms with Crippen molar-refractivity contribution in [2.24, 2.45) is 0 Å². The fraction of sp³-hybridized carbons (Fsp3) is 0.611. The van der Waals surface area contributed by atoms with Crippen LogP contribution < -0.4 is 4.31 Å². The molecule has 0 aromatic heterocycles. The van der Waals surface area contributed by atoms with Gasteiger partial charge in [-0.2, -0.15) is 0 Å². The Labute approximate surface area is 167 Å². The van der Waals surface area contributed by atoms with Crippen LogP contribution in [0.2, 0.25) is 0 Å². The summed E-state index contributed by atoms with van der Waals surface area (Å²) in [4.78, 5) is 13.8. The van der Waals surface area contributed by atoms with Crippen LogP contribution in [0.1, 0.15) is 33.6 Å². The average Bonchev–Trinajstić information content (AvgIpc) is 2.59. The minimum absolute atomic E-state index is 0.147. The highest BCUT2D eigenvalue weighted by Crippen LogP contribution is 2.27. The molecular formula is C18H28N2O6S2. The number of likely N-dealkylation sites (tertiary alicyclic amines) is 1. The van der Waals surface area contributed by atoms with Crippen LogP contribution in [0.15, 0.2) is 29.2 Å². The molecule has 0 spiro atoms. The Bertz CT molecular complexity index is 910. The predicted molar refractivity (Wildman–Crippen MR) is 108 cm³/mol. The molecule has 0 bridgehead atoms. The standard InChI is InChI=1S/C18H28N2O6S2/c1-18(2,3)26-17(21)20-12-10-16(11-13-20)28(24,25)15-8-6-14(7-9-15)19(4)27(5,22)23/h6-9,16H,10-13H2,1-5H3. The molecule has 1 aliphatic heterocycles. The Hall–Kier alpha value is -1.81. The number of hydrogen-bond acceptors (Lipinski definition) is 6. The number of hydrogen-bond donors (Lipinski definition) is 0. The summed E-state index contributed by atoms with van der Waals surface area (Å²) in [6.07, 6.45) is 1.30. The quantitative estimate of drug-likeness (QED) is 0.723. The summed E-state index contributed by atoms with van der Waals surface area (Å²) in [7, 11) is -5.58. The molecule has 0 atom stereocenters. The third-order valence-corrected chi connectivity index (χ3v) is 8.04. The van der Waals surface area contributed by atoms with Crippen molar-refractivity contribution in [2.75, 3.05) is 30.7 Å². The lowest BCUT2D eigenvalue weighted by Gasteiger charge is -2.33. The van der Waals surface area contributed by atoms with E-state index in [9.17, 15) is 21.6 Å². The van der Waals surface area contributed by atoms with Crippen molar-refractivity contribution in [3.8, 4) is 0 Å². The molecule has 0 radical (unpaired) electrons. The number of piperidine rings is 1. The summed E-state index contributed by atoms with van der Waals surface area (Å²) in [5, 5.41) is -0.593. The van der Waals surface area contributed by atoms with Crippen molar-refractivity contribution in [2.45, 2.75) is 49.4 Å². The van der Waals surface area contributed by atoms with Crippen LogP contribution in [-0.2, 0) is 24.6 Å². The summed E-state index contributed by atoms with van der Waals surface area (Å²) in [5.74, 6) is 0. The van der Waals surface area contributed by atoms with Crippen molar-refractivity contribution < 1.29 is 26.4 Å². The zero-order valence-corrected chi connectivity index (χ0v) is 18.5. The maximum absolute atomic E-state index is 12.9. The van der Waals surface area contributed by atoms with E-state index in [0.717, 1.165) is 10.6 Å². The van der Waals surface area contributed by atoms with E-state index >= 15 is 0 Å². The highest BCUT2D eigenvalue weighted by atomic mass is 32.2. The van der Waals surface area contributed by atoms with E-state index in [0.29, 0.717) is 31.6 Å². The molecule has 1 amide bonds. The molecule has 1 heterocycles. The number of anilines is 1. The zero-order valence-electron chi connectivity index (χ0n) is 16.9. The second-order valence-corrected chi connectivity index (χ2v) is 12.2. The normalized spacial score (nSPS) is 16.7. The first-order valence-corrected chi connectivity index (χ1v) is 12.4. The van der Waals surface area contributed by atoms with Crippen LogP contribution in [-0.4, -0.2) is 65.1 Å². The molecule has 8 nitrogen and oxygen atoms in total. The van der Waals surface area contributed by atoms with Gasteiger partial charge in [0.15, 0.2) is 9.84 Å². The molecule has 0 aliphatic carbocycles. The molecule has 1 saturated heterocycles. The average molecular weight is 433 g/mol. The van der Waals surface area contributed by atoms with Crippen molar-refractivity contribution in [3.63, 3.8) is 0 Å². The smallest absolute Gasteiger partial charge is 0.410 e. The first-order valence-electron chi connectivity index (χ1n) is 8.97. The molecule has 1 aromatic carbocycles. The topological polar surface area (TPSA) is 101 Å². The number of sulfonamides is 1. The number of nitrogens with zero attached hydrogens (tertiary/aromatic N) is 2. The van der Waals surface area contributed by atoms with Crippen LogP contribution in [0.4, 0.5) is 10.5 Å². The molecule has 0 unspecified atom stereocenters. The van der Waals surface area contributed by atoms with Crippen molar-refractivity contribution in [1.82, 2.24) is 4.90 Å². The SMILES string of the molecule is CN(c1ccc(S(=O)(=O)C2CCN(C(=O)OC(C)(C)C)CC2)cc1)S(C)(=O)=O. The molecule has 1 fully saturated rings. The third kappa shape index (κ3) is 5.38. The van der Waals surface area contributed by atoms with Gasteiger partial charge in [0.1, 0.15) is 5.60 Å². The van der Waals surface area contributed by atoms with Gasteiger partial charge in [0.2, 0.25) is 10.0 Å². The Morgan fingerprint density at radius 3 is 2.00 bits per heavy atom. The number of rotatable bonds is 4. The number of ether oxygens (including phenoxy) is 1. The summed E-state index contributed by atoms with van der Waals surface area (Å²) in [6, 6.07) is 5.80. The van der Waals surface area contributed by atoms with Gasteiger partial charge in [-0.05, 0) is 57.9 Å². The molecule has 10 heteroatoms. The molecular weight excluding hydrogens is 404 g/mol. The third-order valence-electron chi connectivity index (χ3n) is 4.56. The monoisotopic (exact) mass is 432 g/mol. The number of carbonyl (C=O) groups excluding carboxylic acids is 1. The maximum Gasteiger partial charge on any atom is 0.410 e. The molecule has 2 rings (SSSR count). The number of sulfone groups is 1. The van der Waals surface area contributed by atoms with Gasteiger partial charge < -0.3 is 9.64 Å². The Balaban J connectivity index is 2.07. The number of amides is 1. The number of benzene rings is 1. The van der Waals surface area contributed by atoms with Gasteiger partial charge in [0, 0.05) is 20.1 Å². The van der Waals surface area contributed by atoms with Crippen molar-refractivity contribution >= 4 is 31.6 Å². The molecule has 0 saturated carbocycles. The summed E-state index contributed by atoms with van der Waals surface area (Å²) >= 11 is 0. The second kappa shape index (κ2) is 7.90. The zero-order chi connectivity index (χ0) is 21.3. The fourth-order valence-corrected chi connectivity index (χ4v) is 5.14. The Kier molecular flexibility index (Phi) is 6.34. The lowest BCUT2D eigenvalue weighted by Crippen LogP contribution is -2.44. The van der Waals surface area contributed by atoms with Crippen molar-refractivity contribution in [3.05, 3.63) is 24.3 Å². The second-order valence-electron chi connectivity index (χ2n) is 7.94. The van der Waals surface area contributed by atoms with Gasteiger partial charge in [0.25, 0.3) is 0 Å². The maximum atomic E-state index is 12.9. The minimum Gasteiger partial charge on any atom is -0.444 e. The van der Waals surface area contributed by atoms with E-state index in [4.69, 9.17) is 4.74 Å². The van der Waals surface area contributed by atoms with Gasteiger partial charge in [0.05, 0.1) is 22.1 Å². The van der Waals surface area contributed by atoms with Gasteiger partial charge in [-0.3, -0.25) is 4.31 Å². The summed E-state index contributed by atoms with van der Waals surface area (Å²) < 4.78 is 55.4. The van der Waals surface area contributed by atoms with Crippen LogP contribution in [0.5, 0.6) is 0 Å². The van der Waals surface area contributed by atoms with Crippen LogP contribution in [0.25, 0.3) is 0 Å². The van der Waals surface area contributed by atoms with Gasteiger partial charge >= 0.3 is 6.09 Å². The predicted octanol–water partition coefficient (Wildman–Crippen LogP) is 2.26. The minimum atomic E-state index is -3.57. The van der Waals surface area contributed by atoms with E-state index in [1.165, 1.54) is 36.2 Å². The highest BCUT2D eigenvalue weighted by molar-refractivity contribution is 7.92. The fourth-order valence-electron chi connectivity index (χ4n) is 2.90. The van der Waals surface area contributed by atoms with E-state index in [-0.39, 0.29) is 4.90 Å². The Morgan fingerprint density at radius 2 is 1.57 bits per heavy atom. The van der Waals surface area contributed by atoms with E-state index in [1.54, 1.807) is 20.8 Å². The van der Waals surface area contributed by atoms with Crippen LogP contribution >= 0.6 is 0 Å². The van der Waals surface area contributed by atoms with Gasteiger partial charge in [-0.1, -0.05) is 0 Å². The highest BCUT2D eigenvalue weighted by Gasteiger charge is 2.34. The van der Waals surface area contributed by atoms with Crippen LogP contribution in [0.3, 0.4) is 0 Å². The molecule has 1 aliphatic rings. The number of carbonyl (C=O) groups is 1. The van der Waals surface area contributed by atoms with Gasteiger partial charge in [-0.15, -0.1) is 0 Å². The first kappa shape index (κ1) is 22.5. The molecule has 28 heavy (non-hydrogen) atoms. The summed E-state index contributed by atoms with van der Waals surface area (Å²) in [6.45, 7) is 5.98. The molecule has 0 N–H and O–H groups in total. The van der Waals surface area contributed by atoms with Crippen LogP contribution in [0, 0.1) is 0 Å². The van der Waals surface area contributed by atoms with Crippen molar-refractivity contribution in [1.29, 1.82) is 0 Å². The summed E-state index contributed by atoms with van der Waals surface area (Å²) in [5.41, 5.74) is -0.206. The lowest BCUT2D eigenvalue weighted by atomic mass is 10.1. The largest absolute Gasteiger partial charge is 0.444 e.